The predicted molar refractivity (Wildman–Crippen MR) is 473 cm³/mol. The van der Waals surface area contributed by atoms with Crippen LogP contribution in [0.2, 0.25) is 0 Å². The van der Waals surface area contributed by atoms with Crippen molar-refractivity contribution in [2.24, 2.45) is 22.9 Å². The van der Waals surface area contributed by atoms with E-state index in [4.69, 9.17) is 27.7 Å². The molecule has 0 radical (unpaired) electrons. The van der Waals surface area contributed by atoms with Crippen molar-refractivity contribution >= 4 is 84.9 Å². The van der Waals surface area contributed by atoms with Crippen molar-refractivity contribution in [2.75, 3.05) is 51.8 Å². The maximum absolute atomic E-state index is 12.2. The number of hydrogen-bond acceptors (Lipinski definition) is 22. The number of amides is 6. The summed E-state index contributed by atoms with van der Waals surface area (Å²) in [5.41, 5.74) is 31.7. The highest BCUT2D eigenvalue weighted by Crippen LogP contribution is 2.39. The number of pyridine rings is 6. The molecule has 0 saturated carbocycles. The van der Waals surface area contributed by atoms with E-state index in [2.05, 4.69) is 129 Å². The van der Waals surface area contributed by atoms with Gasteiger partial charge in [-0.05, 0) is 155 Å². The van der Waals surface area contributed by atoms with E-state index in [1.807, 2.05) is 110 Å². The van der Waals surface area contributed by atoms with Gasteiger partial charge in [0.15, 0.2) is 22.8 Å². The molecular formula is C96H81N23O9. The maximum Gasteiger partial charge on any atom is 0.269 e. The third-order valence-corrected chi connectivity index (χ3v) is 22.9. The van der Waals surface area contributed by atoms with E-state index in [1.54, 1.807) is 93.6 Å². The molecule has 634 valence electrons. The van der Waals surface area contributed by atoms with Crippen molar-refractivity contribution in [3.8, 4) is 88.1 Å². The third kappa shape index (κ3) is 16.9. The molecule has 2 aliphatic carbocycles. The fourth-order valence-corrected chi connectivity index (χ4v) is 16.1. The molecule has 5 aliphatic rings. The number of aliphatic hydroxyl groups is 2. The molecule has 3 saturated heterocycles. The Morgan fingerprint density at radius 2 is 0.789 bits per heavy atom. The Hall–Kier alpha value is -16.8. The molecule has 128 heavy (non-hydrogen) atoms. The number of fused-ring (bicyclic) bond motifs is 6. The number of nitrogens with zero attached hydrogens (tertiary/aromatic N) is 19. The zero-order valence-corrected chi connectivity index (χ0v) is 70.1. The number of likely N-dealkylation sites (tertiary alicyclic amines) is 2. The summed E-state index contributed by atoms with van der Waals surface area (Å²) >= 11 is 0. The van der Waals surface area contributed by atoms with Gasteiger partial charge in [0.2, 0.25) is 17.1 Å². The Balaban J connectivity index is 0.000000125. The zero-order chi connectivity index (χ0) is 89.9. The molecule has 32 nitrogen and oxygen atoms in total. The Kier molecular flexibility index (Phi) is 23.1. The van der Waals surface area contributed by atoms with Gasteiger partial charge in [-0.15, -0.1) is 0 Å². The lowest BCUT2D eigenvalue weighted by Gasteiger charge is -2.16. The quantitative estimate of drug-likeness (QED) is 0.0667. The molecule has 3 fully saturated rings. The van der Waals surface area contributed by atoms with Crippen LogP contribution in [0.15, 0.2) is 183 Å². The summed E-state index contributed by atoms with van der Waals surface area (Å²) in [5.74, 6) is 22.5. The number of benzene rings is 4. The Bertz CT molecular complexity index is 7080. The van der Waals surface area contributed by atoms with Crippen LogP contribution in [0.1, 0.15) is 157 Å². The van der Waals surface area contributed by atoms with Gasteiger partial charge in [-0.2, -0.15) is 30.9 Å². The number of primary amides is 4. The van der Waals surface area contributed by atoms with Crippen molar-refractivity contribution in [3.05, 3.63) is 262 Å². The molecule has 4 atom stereocenters. The van der Waals surface area contributed by atoms with Gasteiger partial charge in [-0.3, -0.25) is 38.7 Å². The van der Waals surface area contributed by atoms with Crippen molar-refractivity contribution in [2.45, 2.75) is 94.2 Å². The van der Waals surface area contributed by atoms with Gasteiger partial charge in [0.1, 0.15) is 29.3 Å². The van der Waals surface area contributed by atoms with Gasteiger partial charge in [0.25, 0.3) is 35.4 Å². The molecule has 13 heterocycles. The lowest BCUT2D eigenvalue weighted by atomic mass is 9.88. The third-order valence-electron chi connectivity index (χ3n) is 22.9. The van der Waals surface area contributed by atoms with E-state index in [-0.39, 0.29) is 57.8 Å². The smallest absolute Gasteiger partial charge is 0.269 e. The zero-order valence-electron chi connectivity index (χ0n) is 70.1. The summed E-state index contributed by atoms with van der Waals surface area (Å²) in [6.07, 6.45) is 16.3. The van der Waals surface area contributed by atoms with Crippen molar-refractivity contribution in [3.63, 3.8) is 0 Å². The number of nitriles is 2. The fourth-order valence-electron chi connectivity index (χ4n) is 16.1. The van der Waals surface area contributed by atoms with Crippen LogP contribution in [0.4, 0.5) is 5.82 Å². The maximum atomic E-state index is 12.2. The van der Waals surface area contributed by atoms with Gasteiger partial charge in [-0.25, -0.2) is 38.7 Å². The van der Waals surface area contributed by atoms with E-state index in [9.17, 15) is 49.5 Å². The molecular weight excluding hydrogens is 1620 g/mol. The molecule has 19 rings (SSSR count). The molecule has 10 aromatic heterocycles. The second-order valence-corrected chi connectivity index (χ2v) is 31.7. The molecule has 6 amide bonds. The van der Waals surface area contributed by atoms with Gasteiger partial charge in [0, 0.05) is 137 Å². The number of nitrogens with two attached hydrogens (primary N) is 4. The lowest BCUT2D eigenvalue weighted by Crippen LogP contribution is -2.37. The Morgan fingerprint density at radius 1 is 0.438 bits per heavy atom. The van der Waals surface area contributed by atoms with Gasteiger partial charge in [0.05, 0.1) is 95.2 Å². The number of aromatic nitrogens is 14. The molecule has 4 aromatic carbocycles. The molecule has 0 bridgehead atoms. The number of carbonyl (C=O) groups is 6. The van der Waals surface area contributed by atoms with Crippen LogP contribution >= 0.6 is 0 Å². The van der Waals surface area contributed by atoms with Gasteiger partial charge >= 0.3 is 0 Å². The number of rotatable bonds is 11. The summed E-state index contributed by atoms with van der Waals surface area (Å²) < 4.78 is 11.9. The topological polar surface area (TPSA) is 462 Å². The van der Waals surface area contributed by atoms with E-state index < -0.39 is 46.6 Å². The largest absolute Gasteiger partial charge is 0.478 e. The lowest BCUT2D eigenvalue weighted by molar-refractivity contribution is -0.138. The van der Waals surface area contributed by atoms with Gasteiger partial charge < -0.3 is 52.6 Å². The minimum absolute atomic E-state index is 0.0935. The molecule has 3 aliphatic heterocycles. The summed E-state index contributed by atoms with van der Waals surface area (Å²) in [4.78, 5) is 103. The van der Waals surface area contributed by atoms with E-state index in [0.717, 1.165) is 85.5 Å². The highest BCUT2D eigenvalue weighted by Gasteiger charge is 2.44. The molecule has 14 aromatic rings. The summed E-state index contributed by atoms with van der Waals surface area (Å²) in [6, 6.07) is 48.4. The van der Waals surface area contributed by atoms with Crippen LogP contribution < -0.4 is 32.6 Å². The minimum Gasteiger partial charge on any atom is -0.478 e. The summed E-state index contributed by atoms with van der Waals surface area (Å²) in [6.45, 7) is 9.34. The van der Waals surface area contributed by atoms with Crippen LogP contribution in [0.5, 0.6) is 5.88 Å². The van der Waals surface area contributed by atoms with Crippen LogP contribution in [0, 0.1) is 70.0 Å². The Morgan fingerprint density at radius 3 is 1.14 bits per heavy atom. The van der Waals surface area contributed by atoms with Gasteiger partial charge in [-0.1, -0.05) is 83.8 Å². The SMILES string of the molecule is CCOc1cc2c(cn1)c(C(N)=O)nn2-c1cccc(C#C[C@]2(O)CCN(C)C2=O)c1.CN1CC[C@@](O)(C#Cc2cccc(-n3nc(C(N)=O)c4cnc(N5CCCC5)cc43)c2)C1=O.C[C@@]1(C#Cc2cccc(-n3nc(C(N)=O)c4cnc(C#N)cc43)c2)CCc2cccnc21.C[C@]1(C#Cc2cccc(-n3nc(C(N)=O)c4cnc(C#N)cc43)c2)CCc2cccnc21. The average molecular weight is 1700 g/mol. The Labute approximate surface area is 732 Å². The van der Waals surface area contributed by atoms with Crippen LogP contribution in [0.25, 0.3) is 66.4 Å². The van der Waals surface area contributed by atoms with Crippen molar-refractivity contribution < 1.29 is 43.7 Å². The highest BCUT2D eigenvalue weighted by molar-refractivity contribution is 6.07. The van der Waals surface area contributed by atoms with Crippen LogP contribution in [-0.2, 0) is 33.3 Å². The van der Waals surface area contributed by atoms with Crippen LogP contribution in [-0.4, -0.2) is 183 Å². The number of anilines is 1. The second kappa shape index (κ2) is 34.9. The first-order valence-corrected chi connectivity index (χ1v) is 41.0. The molecule has 32 heteroatoms. The number of aryl methyl sites for hydroxylation is 2. The van der Waals surface area contributed by atoms with E-state index in [0.29, 0.717) is 97.5 Å². The van der Waals surface area contributed by atoms with Crippen molar-refractivity contribution in [1.82, 2.24) is 78.8 Å². The number of carbonyl (C=O) groups excluding carboxylic acids is 6. The molecule has 0 spiro atoms. The fraction of sp³-hybridized carbons (Fsp3) is 0.229. The van der Waals surface area contributed by atoms with Crippen LogP contribution in [0.3, 0.4) is 0 Å². The summed E-state index contributed by atoms with van der Waals surface area (Å²) in [5, 5.41) is 59.2. The van der Waals surface area contributed by atoms with E-state index >= 15 is 0 Å². The first-order chi connectivity index (χ1) is 61.6. The normalized spacial score (nSPS) is 18.0. The predicted octanol–water partition coefficient (Wildman–Crippen LogP) is 8.01. The standard InChI is InChI=1S/2C25H18N6O.C24H24N6O3.C22H21N5O4/c2*1-25(10-8-17-5-3-11-28-23(17)25)9-7-16-4-2-6-19(12-16)31-21-13-18(14-26)29-15-20(21)22(30-31)24(27)32;1-28-12-9-24(33,23(28)32)8-7-16-5-4-6-17(13-16)30-19-14-20(29-10-2-3-11-29)26-15-18(19)21(27-30)22(25)31;1-3-31-18-12-17-16(13-24-18)19(20(23)28)25-27(17)15-6-4-5-14(11-15)7-8-22(30)9-10-26(2)21(22)29/h2*2-6,11-13,15H,8,10H2,1H3,(H2,27,32);4-6,13-15,33H,2-3,9-12H2,1H3,(H2,25,31);4-6,11-13,30H,3,9-10H2,1-2H3,(H2,23,28)/t2*25-;24-;22-/m1000/s1. The second-order valence-electron chi connectivity index (χ2n) is 31.7. The highest BCUT2D eigenvalue weighted by atomic mass is 16.5. The summed E-state index contributed by atoms with van der Waals surface area (Å²) in [7, 11) is 3.28. The average Bonchev–Trinajstić information content (AvgIpc) is 1.61. The monoisotopic (exact) mass is 1700 g/mol. The van der Waals surface area contributed by atoms with Crippen molar-refractivity contribution in [1.29, 1.82) is 10.5 Å². The minimum atomic E-state index is -1.68. The molecule has 0 unspecified atom stereocenters. The van der Waals surface area contributed by atoms with E-state index in [1.165, 1.54) is 39.5 Å². The first kappa shape index (κ1) is 84.8. The number of likely N-dealkylation sites (N-methyl/N-ethyl adjacent to an activating group) is 2. The molecule has 10 N–H and O–H groups in total. The number of ether oxygens (including phenoxy) is 1. The first-order valence-electron chi connectivity index (χ1n) is 41.0. The number of hydrogen-bond donors (Lipinski definition) is 6.